The fourth-order valence-corrected chi connectivity index (χ4v) is 2.61. The summed E-state index contributed by atoms with van der Waals surface area (Å²) in [5.74, 6) is 0.381. The van der Waals surface area contributed by atoms with Crippen LogP contribution in [0.3, 0.4) is 0 Å². The van der Waals surface area contributed by atoms with Gasteiger partial charge in [0.2, 0.25) is 0 Å². The molecule has 0 saturated heterocycles. The number of hydrogen-bond donors (Lipinski definition) is 0. The number of Topliss-reactive ketones (excluding diaryl/α,β-unsaturated/α-hetero) is 1. The number of carbonyl (C=O) groups excluding carboxylic acids is 1. The maximum absolute atomic E-state index is 11.9. The second-order valence-electron chi connectivity index (χ2n) is 4.65. The highest BCUT2D eigenvalue weighted by molar-refractivity contribution is 6.30. The summed E-state index contributed by atoms with van der Waals surface area (Å²) in [5.41, 5.74) is 3.30. The Kier molecular flexibility index (Phi) is 4.35. The van der Waals surface area contributed by atoms with Crippen molar-refractivity contribution in [3.63, 3.8) is 0 Å². The van der Waals surface area contributed by atoms with E-state index in [2.05, 4.69) is 6.07 Å². The number of nitriles is 1. The number of methoxy groups -OCH3 is 1. The van der Waals surface area contributed by atoms with Crippen LogP contribution in [0.25, 0.3) is 5.69 Å². The summed E-state index contributed by atoms with van der Waals surface area (Å²) in [4.78, 5) is 11.9. The van der Waals surface area contributed by atoms with Crippen molar-refractivity contribution in [1.82, 2.24) is 4.57 Å². The molecule has 0 N–H and O–H groups in total. The standard InChI is InChI=1S/C16H15ClN2O2/c1-10-7-13(14(20)8-17)11(2)19(10)16-12(9-18)5-4-6-15(16)21-3/h4-7H,8H2,1-3H3. The van der Waals surface area contributed by atoms with Crippen molar-refractivity contribution < 1.29 is 9.53 Å². The summed E-state index contributed by atoms with van der Waals surface area (Å²) in [6, 6.07) is 9.22. The number of nitrogens with zero attached hydrogens (tertiary/aromatic N) is 2. The van der Waals surface area contributed by atoms with Crippen LogP contribution in [0.15, 0.2) is 24.3 Å². The molecule has 0 fully saturated rings. The summed E-state index contributed by atoms with van der Waals surface area (Å²) in [6.45, 7) is 3.71. The smallest absolute Gasteiger partial charge is 0.179 e. The number of aryl methyl sites for hydroxylation is 1. The van der Waals surface area contributed by atoms with Crippen LogP contribution in [-0.4, -0.2) is 23.3 Å². The molecule has 0 bridgehead atoms. The highest BCUT2D eigenvalue weighted by Gasteiger charge is 2.20. The first-order valence-electron chi connectivity index (χ1n) is 6.40. The van der Waals surface area contributed by atoms with Crippen molar-refractivity contribution in [1.29, 1.82) is 5.26 Å². The van der Waals surface area contributed by atoms with Crippen LogP contribution in [0.1, 0.15) is 27.3 Å². The fourth-order valence-electron chi connectivity index (χ4n) is 2.47. The van der Waals surface area contributed by atoms with Crippen LogP contribution in [0.4, 0.5) is 0 Å². The van der Waals surface area contributed by atoms with Gasteiger partial charge in [-0.2, -0.15) is 5.26 Å². The average molecular weight is 303 g/mol. The predicted octanol–water partition coefficient (Wildman–Crippen LogP) is 3.40. The van der Waals surface area contributed by atoms with E-state index in [1.165, 1.54) is 0 Å². The zero-order valence-corrected chi connectivity index (χ0v) is 12.9. The molecule has 0 saturated carbocycles. The van der Waals surface area contributed by atoms with Gasteiger partial charge in [0.25, 0.3) is 0 Å². The first kappa shape index (κ1) is 15.1. The van der Waals surface area contributed by atoms with Crippen molar-refractivity contribution in [2.24, 2.45) is 0 Å². The summed E-state index contributed by atoms with van der Waals surface area (Å²) in [5, 5.41) is 9.34. The number of aromatic nitrogens is 1. The van der Waals surface area contributed by atoms with E-state index in [0.717, 1.165) is 11.4 Å². The lowest BCUT2D eigenvalue weighted by atomic mass is 10.1. The predicted molar refractivity (Wildman–Crippen MR) is 81.6 cm³/mol. The quantitative estimate of drug-likeness (QED) is 0.642. The second-order valence-corrected chi connectivity index (χ2v) is 4.91. The minimum Gasteiger partial charge on any atom is -0.495 e. The molecule has 4 nitrogen and oxygen atoms in total. The van der Waals surface area contributed by atoms with Gasteiger partial charge < -0.3 is 9.30 Å². The molecule has 0 spiro atoms. The molecule has 5 heteroatoms. The molecule has 21 heavy (non-hydrogen) atoms. The minimum absolute atomic E-state index is 0.0681. The van der Waals surface area contributed by atoms with Gasteiger partial charge in [0.1, 0.15) is 17.5 Å². The third-order valence-electron chi connectivity index (χ3n) is 3.42. The first-order valence-corrected chi connectivity index (χ1v) is 6.94. The van der Waals surface area contributed by atoms with Gasteiger partial charge >= 0.3 is 0 Å². The SMILES string of the molecule is COc1cccc(C#N)c1-n1c(C)cc(C(=O)CCl)c1C. The molecular formula is C16H15ClN2O2. The number of hydrogen-bond acceptors (Lipinski definition) is 3. The van der Waals surface area contributed by atoms with Gasteiger partial charge in [0.15, 0.2) is 5.78 Å². The topological polar surface area (TPSA) is 55.0 Å². The molecule has 108 valence electrons. The van der Waals surface area contributed by atoms with E-state index in [1.54, 1.807) is 31.4 Å². The van der Waals surface area contributed by atoms with Crippen molar-refractivity contribution in [2.75, 3.05) is 13.0 Å². The Morgan fingerprint density at radius 1 is 1.43 bits per heavy atom. The molecule has 0 aliphatic heterocycles. The number of alkyl halides is 1. The van der Waals surface area contributed by atoms with Crippen molar-refractivity contribution >= 4 is 17.4 Å². The van der Waals surface area contributed by atoms with Gasteiger partial charge in [-0.1, -0.05) is 6.07 Å². The molecule has 0 atom stereocenters. The Hall–Kier alpha value is -2.25. The highest BCUT2D eigenvalue weighted by Crippen LogP contribution is 2.31. The fraction of sp³-hybridized carbons (Fsp3) is 0.250. The molecule has 1 heterocycles. The van der Waals surface area contributed by atoms with Crippen molar-refractivity contribution in [2.45, 2.75) is 13.8 Å². The average Bonchev–Trinajstić information content (AvgIpc) is 2.80. The number of ketones is 1. The Balaban J connectivity index is 2.77. The maximum Gasteiger partial charge on any atom is 0.179 e. The lowest BCUT2D eigenvalue weighted by Crippen LogP contribution is -2.07. The number of halogens is 1. The number of carbonyl (C=O) groups is 1. The minimum atomic E-state index is -0.135. The zero-order chi connectivity index (χ0) is 15.6. The lowest BCUT2D eigenvalue weighted by Gasteiger charge is -2.15. The molecule has 0 unspecified atom stereocenters. The van der Waals surface area contributed by atoms with Gasteiger partial charge in [0.05, 0.1) is 18.6 Å². The van der Waals surface area contributed by atoms with E-state index in [9.17, 15) is 10.1 Å². The summed E-state index contributed by atoms with van der Waals surface area (Å²) >= 11 is 5.65. The third-order valence-corrected chi connectivity index (χ3v) is 3.66. The molecule has 0 radical (unpaired) electrons. The summed E-state index contributed by atoms with van der Waals surface area (Å²) in [7, 11) is 1.55. The Bertz CT molecular complexity index is 741. The van der Waals surface area contributed by atoms with E-state index >= 15 is 0 Å². The van der Waals surface area contributed by atoms with Crippen LogP contribution in [0.2, 0.25) is 0 Å². The molecule has 0 aliphatic rings. The summed E-state index contributed by atoms with van der Waals surface area (Å²) in [6.07, 6.45) is 0. The normalized spacial score (nSPS) is 10.2. The van der Waals surface area contributed by atoms with Gasteiger partial charge in [-0.15, -0.1) is 11.6 Å². The highest BCUT2D eigenvalue weighted by atomic mass is 35.5. The van der Waals surface area contributed by atoms with Gasteiger partial charge in [-0.3, -0.25) is 4.79 Å². The van der Waals surface area contributed by atoms with Crippen molar-refractivity contribution in [3.8, 4) is 17.5 Å². The van der Waals surface area contributed by atoms with Crippen LogP contribution < -0.4 is 4.74 Å². The van der Waals surface area contributed by atoms with E-state index in [4.69, 9.17) is 16.3 Å². The second kappa shape index (κ2) is 6.02. The van der Waals surface area contributed by atoms with Crippen LogP contribution in [0.5, 0.6) is 5.75 Å². The van der Waals surface area contributed by atoms with Crippen molar-refractivity contribution in [3.05, 3.63) is 46.8 Å². The lowest BCUT2D eigenvalue weighted by molar-refractivity contribution is 0.102. The number of ether oxygens (including phenoxy) is 1. The van der Waals surface area contributed by atoms with E-state index in [-0.39, 0.29) is 11.7 Å². The molecule has 2 rings (SSSR count). The Morgan fingerprint density at radius 2 is 2.14 bits per heavy atom. The van der Waals surface area contributed by atoms with Crippen LogP contribution in [-0.2, 0) is 0 Å². The molecule has 1 aromatic heterocycles. The van der Waals surface area contributed by atoms with Crippen LogP contribution >= 0.6 is 11.6 Å². The third kappa shape index (κ3) is 2.53. The number of para-hydroxylation sites is 1. The van der Waals surface area contributed by atoms with Crippen LogP contribution in [0, 0.1) is 25.2 Å². The molecule has 0 amide bonds. The molecule has 0 aliphatic carbocycles. The molecular weight excluding hydrogens is 288 g/mol. The van der Waals surface area contributed by atoms with E-state index < -0.39 is 0 Å². The number of benzene rings is 1. The van der Waals surface area contributed by atoms with E-state index in [0.29, 0.717) is 22.6 Å². The summed E-state index contributed by atoms with van der Waals surface area (Å²) < 4.78 is 7.22. The largest absolute Gasteiger partial charge is 0.495 e. The molecule has 1 aromatic carbocycles. The Labute approximate surface area is 128 Å². The van der Waals surface area contributed by atoms with E-state index in [1.807, 2.05) is 18.4 Å². The molecule has 2 aromatic rings. The van der Waals surface area contributed by atoms with Gasteiger partial charge in [0, 0.05) is 17.0 Å². The Morgan fingerprint density at radius 3 is 2.71 bits per heavy atom. The maximum atomic E-state index is 11.9. The monoisotopic (exact) mass is 302 g/mol. The number of rotatable bonds is 4. The zero-order valence-electron chi connectivity index (χ0n) is 12.1. The first-order chi connectivity index (χ1) is 10.0. The van der Waals surface area contributed by atoms with Gasteiger partial charge in [-0.25, -0.2) is 0 Å². The van der Waals surface area contributed by atoms with Gasteiger partial charge in [-0.05, 0) is 32.0 Å².